The van der Waals surface area contributed by atoms with E-state index in [2.05, 4.69) is 18.0 Å². The number of fused-ring (bicyclic) bond motifs is 2. The molecule has 0 saturated heterocycles. The van der Waals surface area contributed by atoms with Crippen LogP contribution in [-0.2, 0) is 9.53 Å². The number of carbonyl (C=O) groups is 2. The van der Waals surface area contributed by atoms with Crippen molar-refractivity contribution in [2.24, 2.45) is 0 Å². The first-order valence-corrected chi connectivity index (χ1v) is 9.94. The maximum atomic E-state index is 12.8. The average molecular weight is 407 g/mol. The fourth-order valence-electron chi connectivity index (χ4n) is 3.49. The summed E-state index contributed by atoms with van der Waals surface area (Å²) in [5.41, 5.74) is 1.36. The number of carbonyl (C=O) groups excluding carboxylic acids is 2. The SMILES string of the molecule is C=CCOC(=O)C(=Cc1c2ccccc2cc2ccccc12)NC(=O)c1ccccc1. The highest BCUT2D eigenvalue weighted by atomic mass is 16.5. The molecule has 0 fully saturated rings. The van der Waals surface area contributed by atoms with E-state index >= 15 is 0 Å². The predicted molar refractivity (Wildman–Crippen MR) is 124 cm³/mol. The van der Waals surface area contributed by atoms with Gasteiger partial charge in [-0.25, -0.2) is 4.79 Å². The Balaban J connectivity index is 1.86. The van der Waals surface area contributed by atoms with Crippen molar-refractivity contribution in [1.82, 2.24) is 5.32 Å². The van der Waals surface area contributed by atoms with Gasteiger partial charge in [0.1, 0.15) is 12.3 Å². The van der Waals surface area contributed by atoms with E-state index in [0.717, 1.165) is 27.1 Å². The Kier molecular flexibility index (Phi) is 5.90. The highest BCUT2D eigenvalue weighted by Gasteiger charge is 2.17. The van der Waals surface area contributed by atoms with Crippen molar-refractivity contribution in [3.05, 3.63) is 114 Å². The lowest BCUT2D eigenvalue weighted by molar-refractivity contribution is -0.138. The minimum absolute atomic E-state index is 0.0493. The van der Waals surface area contributed by atoms with E-state index < -0.39 is 5.97 Å². The Morgan fingerprint density at radius 1 is 0.839 bits per heavy atom. The Morgan fingerprint density at radius 2 is 1.42 bits per heavy atom. The Hall–Kier alpha value is -4.18. The van der Waals surface area contributed by atoms with Gasteiger partial charge in [0.15, 0.2) is 0 Å². The van der Waals surface area contributed by atoms with Gasteiger partial charge < -0.3 is 10.1 Å². The van der Waals surface area contributed by atoms with Gasteiger partial charge in [-0.2, -0.15) is 0 Å². The monoisotopic (exact) mass is 407 g/mol. The van der Waals surface area contributed by atoms with Crippen LogP contribution in [0.3, 0.4) is 0 Å². The zero-order chi connectivity index (χ0) is 21.6. The molecule has 1 amide bonds. The van der Waals surface area contributed by atoms with Crippen LogP contribution in [-0.4, -0.2) is 18.5 Å². The Bertz CT molecular complexity index is 1250. The lowest BCUT2D eigenvalue weighted by Gasteiger charge is -2.13. The molecule has 4 nitrogen and oxygen atoms in total. The van der Waals surface area contributed by atoms with Crippen LogP contribution < -0.4 is 5.32 Å². The molecule has 0 saturated carbocycles. The third-order valence-corrected chi connectivity index (χ3v) is 4.94. The lowest BCUT2D eigenvalue weighted by Crippen LogP contribution is -2.28. The quantitative estimate of drug-likeness (QED) is 0.199. The van der Waals surface area contributed by atoms with E-state index in [4.69, 9.17) is 4.74 Å². The second-order valence-electron chi connectivity index (χ2n) is 7.00. The first kappa shape index (κ1) is 20.1. The predicted octanol–water partition coefficient (Wildman–Crippen LogP) is 5.49. The van der Waals surface area contributed by atoms with Gasteiger partial charge in [0.2, 0.25) is 0 Å². The summed E-state index contributed by atoms with van der Waals surface area (Å²) in [5, 5.41) is 6.77. The molecule has 31 heavy (non-hydrogen) atoms. The summed E-state index contributed by atoms with van der Waals surface area (Å²) in [6.07, 6.45) is 3.18. The van der Waals surface area contributed by atoms with Crippen LogP contribution in [0.1, 0.15) is 15.9 Å². The maximum absolute atomic E-state index is 12.8. The average Bonchev–Trinajstić information content (AvgIpc) is 2.82. The maximum Gasteiger partial charge on any atom is 0.355 e. The zero-order valence-electron chi connectivity index (χ0n) is 16.9. The van der Waals surface area contributed by atoms with Crippen molar-refractivity contribution in [3.63, 3.8) is 0 Å². The van der Waals surface area contributed by atoms with E-state index in [1.165, 1.54) is 6.08 Å². The van der Waals surface area contributed by atoms with Gasteiger partial charge in [-0.1, -0.05) is 79.4 Å². The van der Waals surface area contributed by atoms with Crippen molar-refractivity contribution >= 4 is 39.5 Å². The minimum Gasteiger partial charge on any atom is -0.457 e. The fourth-order valence-corrected chi connectivity index (χ4v) is 3.49. The van der Waals surface area contributed by atoms with Crippen LogP contribution in [0.25, 0.3) is 27.6 Å². The van der Waals surface area contributed by atoms with Gasteiger partial charge in [0.05, 0.1) is 0 Å². The van der Waals surface area contributed by atoms with Gasteiger partial charge in [-0.15, -0.1) is 0 Å². The minimum atomic E-state index is -0.624. The van der Waals surface area contributed by atoms with Crippen LogP contribution in [0.5, 0.6) is 0 Å². The van der Waals surface area contributed by atoms with Gasteiger partial charge >= 0.3 is 5.97 Å². The molecule has 0 spiro atoms. The van der Waals surface area contributed by atoms with Crippen LogP contribution in [0.2, 0.25) is 0 Å². The first-order valence-electron chi connectivity index (χ1n) is 9.94. The third kappa shape index (κ3) is 4.38. The van der Waals surface area contributed by atoms with E-state index in [-0.39, 0.29) is 18.2 Å². The summed E-state index contributed by atoms with van der Waals surface area (Å²) in [6.45, 7) is 3.63. The van der Waals surface area contributed by atoms with Crippen molar-refractivity contribution in [2.45, 2.75) is 0 Å². The number of esters is 1. The molecule has 0 bridgehead atoms. The molecule has 1 N–H and O–H groups in total. The molecule has 0 radical (unpaired) electrons. The largest absolute Gasteiger partial charge is 0.457 e. The van der Waals surface area contributed by atoms with Crippen LogP contribution in [0.15, 0.2) is 103 Å². The van der Waals surface area contributed by atoms with Crippen LogP contribution >= 0.6 is 0 Å². The second kappa shape index (κ2) is 9.09. The van der Waals surface area contributed by atoms with Gasteiger partial charge in [0, 0.05) is 5.56 Å². The summed E-state index contributed by atoms with van der Waals surface area (Å²) in [5.74, 6) is -1.01. The van der Waals surface area contributed by atoms with E-state index in [1.54, 1.807) is 30.3 Å². The Labute approximate surface area is 180 Å². The molecular formula is C27H21NO3. The number of hydrogen-bond donors (Lipinski definition) is 1. The van der Waals surface area contributed by atoms with Crippen LogP contribution in [0.4, 0.5) is 0 Å². The summed E-state index contributed by atoms with van der Waals surface area (Å²) in [7, 11) is 0. The molecule has 0 unspecified atom stereocenters. The van der Waals surface area contributed by atoms with Crippen molar-refractivity contribution in [2.75, 3.05) is 6.61 Å². The summed E-state index contributed by atoms with van der Waals surface area (Å²) >= 11 is 0. The first-order chi connectivity index (χ1) is 15.2. The standard InChI is InChI=1S/C27H21NO3/c1-2-16-31-27(30)25(28-26(29)19-10-4-3-5-11-19)18-24-22-14-8-6-12-20(22)17-21-13-7-9-15-23(21)24/h2-15,17-18H,1,16H2,(H,28,29). The molecule has 4 aromatic carbocycles. The number of hydrogen-bond acceptors (Lipinski definition) is 3. The molecule has 152 valence electrons. The van der Waals surface area contributed by atoms with E-state index in [9.17, 15) is 9.59 Å². The number of benzene rings is 4. The topological polar surface area (TPSA) is 55.4 Å². The smallest absolute Gasteiger partial charge is 0.355 e. The molecular weight excluding hydrogens is 386 g/mol. The normalized spacial score (nSPS) is 11.3. The van der Waals surface area contributed by atoms with E-state index in [1.807, 2.05) is 54.6 Å². The molecule has 4 rings (SSSR count). The highest BCUT2D eigenvalue weighted by Crippen LogP contribution is 2.30. The summed E-state index contributed by atoms with van der Waals surface area (Å²) in [6, 6.07) is 26.8. The number of ether oxygens (including phenoxy) is 1. The van der Waals surface area contributed by atoms with Gasteiger partial charge in [-0.3, -0.25) is 4.79 Å². The summed E-state index contributed by atoms with van der Waals surface area (Å²) < 4.78 is 5.25. The number of rotatable bonds is 6. The van der Waals surface area contributed by atoms with Crippen LogP contribution in [0, 0.1) is 0 Å². The van der Waals surface area contributed by atoms with Crippen molar-refractivity contribution < 1.29 is 14.3 Å². The molecule has 0 atom stereocenters. The molecule has 0 heterocycles. The molecule has 0 aliphatic rings. The molecule has 4 heteroatoms. The van der Waals surface area contributed by atoms with Gasteiger partial charge in [0.25, 0.3) is 5.91 Å². The number of amides is 1. The summed E-state index contributed by atoms with van der Waals surface area (Å²) in [4.78, 5) is 25.6. The van der Waals surface area contributed by atoms with Crippen molar-refractivity contribution in [3.8, 4) is 0 Å². The molecule has 0 aliphatic carbocycles. The van der Waals surface area contributed by atoms with E-state index in [0.29, 0.717) is 5.56 Å². The molecule has 0 aliphatic heterocycles. The molecule has 0 aromatic heterocycles. The van der Waals surface area contributed by atoms with Gasteiger partial charge in [-0.05, 0) is 51.4 Å². The van der Waals surface area contributed by atoms with Crippen molar-refractivity contribution in [1.29, 1.82) is 0 Å². The highest BCUT2D eigenvalue weighted by molar-refractivity contribution is 6.10. The second-order valence-corrected chi connectivity index (χ2v) is 7.00. The molecule has 4 aromatic rings. The fraction of sp³-hybridized carbons (Fsp3) is 0.0370. The zero-order valence-corrected chi connectivity index (χ0v) is 16.9. The number of nitrogens with one attached hydrogen (secondary N) is 1. The third-order valence-electron chi connectivity index (χ3n) is 4.94. The lowest BCUT2D eigenvalue weighted by atomic mass is 9.96. The Morgan fingerprint density at radius 3 is 2.03 bits per heavy atom.